The first-order valence-corrected chi connectivity index (χ1v) is 14.1. The van der Waals surface area contributed by atoms with Crippen molar-refractivity contribution in [2.24, 2.45) is 0 Å². The normalized spacial score (nSPS) is 12.7. The van der Waals surface area contributed by atoms with Gasteiger partial charge in [0.25, 0.3) is 17.7 Å². The van der Waals surface area contributed by atoms with Crippen LogP contribution in [0.3, 0.4) is 0 Å². The van der Waals surface area contributed by atoms with E-state index >= 15 is 0 Å². The molecule has 0 saturated heterocycles. The first kappa shape index (κ1) is 27.3. The van der Waals surface area contributed by atoms with Crippen LogP contribution in [0.4, 0.5) is 5.69 Å². The fraction of sp³-hybridized carbons (Fsp3) is 0.346. The van der Waals surface area contributed by atoms with Crippen molar-refractivity contribution in [3.05, 3.63) is 71.5 Å². The molecule has 1 atom stereocenters. The van der Waals surface area contributed by atoms with E-state index in [1.165, 1.54) is 16.8 Å². The number of carbonyl (C=O) groups excluding carboxylic acids is 2. The maximum absolute atomic E-state index is 13.5. The minimum absolute atomic E-state index is 0.173. The molecule has 0 aliphatic heterocycles. The summed E-state index contributed by atoms with van der Waals surface area (Å²) in [5.41, 5.74) is 2.14. The largest absolute Gasteiger partial charge is 0.491 e. The Morgan fingerprint density at radius 3 is 2.31 bits per heavy atom. The fourth-order valence-corrected chi connectivity index (χ4v) is 4.45. The number of hydrogen-bond acceptors (Lipinski definition) is 7. The molecule has 0 radical (unpaired) electrons. The molecule has 0 aliphatic rings. The highest BCUT2D eigenvalue weighted by atomic mass is 32.3. The number of hydrogen-bond donors (Lipinski definition) is 2. The molecule has 10 heteroatoms. The molecule has 0 fully saturated rings. The minimum atomic E-state index is -0.971. The van der Waals surface area contributed by atoms with Gasteiger partial charge < -0.3 is 29.3 Å². The van der Waals surface area contributed by atoms with Crippen LogP contribution in [0.2, 0.25) is 0 Å². The standard InChI is InChI=1S/C26H33N3O6S/c1-29(26(32)22-16-23(30)28-35-22)24(19-8-6-18(7-9-19)17-34-15-14-33-2)25(31)27-20-10-12-21(13-11-20)36(3,4)5/h6-13,16,24H,14-15,17H2,1-5H3,(H,27,31)(H,28,30). The molecule has 0 aliphatic carbocycles. The van der Waals surface area contributed by atoms with Crippen LogP contribution in [0, 0.1) is 0 Å². The lowest BCUT2D eigenvalue weighted by molar-refractivity contribution is -0.120. The maximum Gasteiger partial charge on any atom is 0.293 e. The highest BCUT2D eigenvalue weighted by molar-refractivity contribution is 8.32. The third-order valence-corrected chi connectivity index (χ3v) is 7.18. The molecule has 0 saturated carbocycles. The molecule has 1 aromatic heterocycles. The zero-order valence-corrected chi connectivity index (χ0v) is 22.0. The number of nitrogens with one attached hydrogen (secondary N) is 1. The second kappa shape index (κ2) is 12.1. The summed E-state index contributed by atoms with van der Waals surface area (Å²) in [7, 11) is 2.22. The summed E-state index contributed by atoms with van der Waals surface area (Å²) in [4.78, 5) is 29.0. The molecular formula is C26H33N3O6S. The molecule has 1 unspecified atom stereocenters. The van der Waals surface area contributed by atoms with E-state index in [9.17, 15) is 14.7 Å². The van der Waals surface area contributed by atoms with Gasteiger partial charge in [-0.15, -0.1) is 0 Å². The van der Waals surface area contributed by atoms with Gasteiger partial charge in [-0.3, -0.25) is 9.59 Å². The van der Waals surface area contributed by atoms with E-state index in [0.717, 1.165) is 11.6 Å². The third-order valence-electron chi connectivity index (χ3n) is 5.49. The van der Waals surface area contributed by atoms with Crippen molar-refractivity contribution in [3.8, 4) is 5.88 Å². The molecule has 1 heterocycles. The monoisotopic (exact) mass is 515 g/mol. The van der Waals surface area contributed by atoms with Gasteiger partial charge in [-0.2, -0.15) is 0 Å². The van der Waals surface area contributed by atoms with Crippen LogP contribution >= 0.6 is 10.0 Å². The molecule has 3 aromatic rings. The molecule has 2 amide bonds. The Bertz CT molecular complexity index is 1160. The highest BCUT2D eigenvalue weighted by Crippen LogP contribution is 2.45. The number of aromatic hydroxyl groups is 1. The molecule has 2 N–H and O–H groups in total. The van der Waals surface area contributed by atoms with Crippen LogP contribution in [0.25, 0.3) is 0 Å². The predicted octanol–water partition coefficient (Wildman–Crippen LogP) is 4.05. The van der Waals surface area contributed by atoms with Crippen molar-refractivity contribution in [1.29, 1.82) is 0 Å². The first-order valence-electron chi connectivity index (χ1n) is 11.3. The van der Waals surface area contributed by atoms with E-state index < -0.39 is 33.8 Å². The first-order chi connectivity index (χ1) is 17.1. The number of benzene rings is 2. The van der Waals surface area contributed by atoms with Crippen molar-refractivity contribution in [2.45, 2.75) is 17.5 Å². The van der Waals surface area contributed by atoms with Crippen molar-refractivity contribution in [1.82, 2.24) is 10.1 Å². The summed E-state index contributed by atoms with van der Waals surface area (Å²) >= 11 is 0. The number of rotatable bonds is 11. The van der Waals surface area contributed by atoms with Crippen molar-refractivity contribution in [3.63, 3.8) is 0 Å². The summed E-state index contributed by atoms with van der Waals surface area (Å²) in [5.74, 6) is -1.57. The van der Waals surface area contributed by atoms with Crippen LogP contribution in [-0.2, 0) is 20.9 Å². The van der Waals surface area contributed by atoms with Crippen molar-refractivity contribution in [2.75, 3.05) is 51.5 Å². The second-order valence-electron chi connectivity index (χ2n) is 9.01. The molecule has 0 spiro atoms. The Hall–Kier alpha value is -3.34. The van der Waals surface area contributed by atoms with E-state index in [4.69, 9.17) is 14.0 Å². The number of anilines is 1. The van der Waals surface area contributed by atoms with Crippen LogP contribution in [0.15, 0.2) is 64.0 Å². The topological polar surface area (TPSA) is 114 Å². The van der Waals surface area contributed by atoms with Gasteiger partial charge in [-0.25, -0.2) is 10.0 Å². The van der Waals surface area contributed by atoms with E-state index in [0.29, 0.717) is 31.1 Å². The number of likely N-dealkylation sites (N-methyl/N-ethyl adjacent to an activating group) is 1. The zero-order valence-electron chi connectivity index (χ0n) is 21.2. The summed E-state index contributed by atoms with van der Waals surface area (Å²) in [6.07, 6.45) is 6.60. The van der Waals surface area contributed by atoms with Gasteiger partial charge in [-0.05, 0) is 64.2 Å². The quantitative estimate of drug-likeness (QED) is 0.370. The number of amides is 2. The van der Waals surface area contributed by atoms with Gasteiger partial charge in [0.05, 0.1) is 25.9 Å². The van der Waals surface area contributed by atoms with Crippen LogP contribution in [0.5, 0.6) is 5.88 Å². The van der Waals surface area contributed by atoms with Gasteiger partial charge in [-0.1, -0.05) is 24.3 Å². The lowest BCUT2D eigenvalue weighted by Crippen LogP contribution is -2.38. The van der Waals surface area contributed by atoms with E-state index in [-0.39, 0.29) is 5.76 Å². The molecule has 194 valence electrons. The van der Waals surface area contributed by atoms with Gasteiger partial charge in [0.2, 0.25) is 5.76 Å². The Kier molecular flexibility index (Phi) is 9.14. The number of nitrogens with zero attached hydrogens (tertiary/aromatic N) is 2. The average molecular weight is 516 g/mol. The molecule has 2 aromatic carbocycles. The predicted molar refractivity (Wildman–Crippen MR) is 140 cm³/mol. The average Bonchev–Trinajstić information content (AvgIpc) is 3.28. The zero-order chi connectivity index (χ0) is 26.3. The smallest absolute Gasteiger partial charge is 0.293 e. The minimum Gasteiger partial charge on any atom is -0.491 e. The summed E-state index contributed by atoms with van der Waals surface area (Å²) in [5, 5.41) is 15.8. The van der Waals surface area contributed by atoms with Gasteiger partial charge in [0.15, 0.2) is 0 Å². The molecule has 9 nitrogen and oxygen atoms in total. The Morgan fingerprint density at radius 2 is 1.75 bits per heavy atom. The summed E-state index contributed by atoms with van der Waals surface area (Å²) in [6.45, 7) is 1.37. The summed E-state index contributed by atoms with van der Waals surface area (Å²) < 4.78 is 15.5. The van der Waals surface area contributed by atoms with E-state index in [1.54, 1.807) is 19.2 Å². The number of aromatic nitrogens is 1. The lowest BCUT2D eigenvalue weighted by atomic mass is 10.0. The molecular weight excluding hydrogens is 482 g/mol. The van der Waals surface area contributed by atoms with E-state index in [2.05, 4.69) is 29.2 Å². The Morgan fingerprint density at radius 1 is 1.08 bits per heavy atom. The van der Waals surface area contributed by atoms with Crippen molar-refractivity contribution >= 4 is 27.5 Å². The Balaban J connectivity index is 1.84. The van der Waals surface area contributed by atoms with Crippen LogP contribution in [0.1, 0.15) is 27.7 Å². The number of ether oxygens (including phenoxy) is 2. The Labute approximate surface area is 212 Å². The number of methoxy groups -OCH3 is 1. The highest BCUT2D eigenvalue weighted by Gasteiger charge is 2.31. The van der Waals surface area contributed by atoms with Crippen molar-refractivity contribution < 1.29 is 28.7 Å². The van der Waals surface area contributed by atoms with Crippen LogP contribution in [-0.4, -0.2) is 73.1 Å². The second-order valence-corrected chi connectivity index (χ2v) is 13.2. The lowest BCUT2D eigenvalue weighted by Gasteiger charge is -2.28. The SMILES string of the molecule is COCCOCc1ccc(C(C(=O)Nc2ccc(S(C)(C)C)cc2)N(C)C(=O)c2cc(O)no2)cc1. The third kappa shape index (κ3) is 7.09. The molecule has 0 bridgehead atoms. The van der Waals surface area contributed by atoms with Gasteiger partial charge >= 0.3 is 0 Å². The maximum atomic E-state index is 13.5. The number of carbonyl (C=O) groups is 2. The van der Waals surface area contributed by atoms with E-state index in [1.807, 2.05) is 36.4 Å². The van der Waals surface area contributed by atoms with Gasteiger partial charge in [0.1, 0.15) is 6.04 Å². The van der Waals surface area contributed by atoms with Crippen LogP contribution < -0.4 is 5.32 Å². The van der Waals surface area contributed by atoms with Gasteiger partial charge in [0, 0.05) is 19.8 Å². The molecule has 36 heavy (non-hydrogen) atoms. The fourth-order valence-electron chi connectivity index (χ4n) is 3.49. The summed E-state index contributed by atoms with van der Waals surface area (Å²) in [6, 6.07) is 15.1. The molecule has 3 rings (SSSR count).